The maximum atomic E-state index is 13.7. The van der Waals surface area contributed by atoms with E-state index < -0.39 is 51.1 Å². The van der Waals surface area contributed by atoms with Gasteiger partial charge in [0.25, 0.3) is 5.91 Å². The number of halogens is 2. The van der Waals surface area contributed by atoms with Crippen LogP contribution in [0.5, 0.6) is 5.75 Å². The lowest BCUT2D eigenvalue weighted by atomic mass is 9.68. The standard InChI is InChI=1S/C34H39F2N5O4Si/c1-32(2,3)46(6,7)45-34(17-33(4,43)18-34)30-37-15-20(16-38-30)19-11-12-22-23(13-19)41-24-14-25(28(41)39-22)40(5)29(42)21-9-8-10-26(27(21)24)44-31(35)36/h8-13,15-16,24-25,31,43H,14,17-18H2,1-7H3/t24-,25-,33?,34?/m1/s1/i5D3. The van der Waals surface area contributed by atoms with E-state index in [1.807, 2.05) is 16.7 Å². The van der Waals surface area contributed by atoms with Crippen LogP contribution in [0.4, 0.5) is 8.78 Å². The van der Waals surface area contributed by atoms with Gasteiger partial charge < -0.3 is 23.7 Å². The Kier molecular flexibility index (Phi) is 6.03. The van der Waals surface area contributed by atoms with Crippen LogP contribution in [0.3, 0.4) is 0 Å². The highest BCUT2D eigenvalue weighted by Crippen LogP contribution is 2.54. The number of imidazole rings is 1. The second kappa shape index (κ2) is 10.1. The summed E-state index contributed by atoms with van der Waals surface area (Å²) < 4.78 is 65.4. The molecule has 0 radical (unpaired) electrons. The summed E-state index contributed by atoms with van der Waals surface area (Å²) in [5.41, 5.74) is 1.16. The average Bonchev–Trinajstić information content (AvgIpc) is 3.47. The van der Waals surface area contributed by atoms with Crippen molar-refractivity contribution in [3.8, 4) is 16.9 Å². The van der Waals surface area contributed by atoms with Crippen molar-refractivity contribution < 1.29 is 32.0 Å². The molecule has 2 bridgehead atoms. The lowest BCUT2D eigenvalue weighted by molar-refractivity contribution is -0.171. The van der Waals surface area contributed by atoms with Crippen LogP contribution in [-0.2, 0) is 10.0 Å². The Labute approximate surface area is 271 Å². The van der Waals surface area contributed by atoms with Gasteiger partial charge in [0.2, 0.25) is 0 Å². The lowest BCUT2D eigenvalue weighted by Gasteiger charge is -2.55. The summed E-state index contributed by atoms with van der Waals surface area (Å²) in [6.07, 6.45) is 4.34. The van der Waals surface area contributed by atoms with Crippen molar-refractivity contribution in [1.29, 1.82) is 0 Å². The van der Waals surface area contributed by atoms with E-state index in [4.69, 9.17) is 28.2 Å². The van der Waals surface area contributed by atoms with Gasteiger partial charge in [0.05, 0.1) is 28.7 Å². The maximum Gasteiger partial charge on any atom is 0.387 e. The van der Waals surface area contributed by atoms with Crippen LogP contribution in [0.15, 0.2) is 48.8 Å². The van der Waals surface area contributed by atoms with E-state index >= 15 is 0 Å². The quantitative estimate of drug-likeness (QED) is 0.225. The summed E-state index contributed by atoms with van der Waals surface area (Å²) in [7, 11) is -2.25. The number of fused-ring (bicyclic) bond motifs is 9. The Balaban J connectivity index is 1.31. The molecule has 2 aromatic heterocycles. The minimum atomic E-state index is -3.15. The first-order valence-electron chi connectivity index (χ1n) is 16.9. The SMILES string of the molecule is [2H]C([2H])([2H])N1C(=O)c2cccc(OC(F)F)c2[C@H]2C[C@@H]1c1nc3ccc(-c4cnc(C5(O[Si](C)(C)C(C)(C)C)CC(C)(O)C5)nc4)cc3n12. The smallest absolute Gasteiger partial charge is 0.387 e. The van der Waals surface area contributed by atoms with Crippen LogP contribution in [0.25, 0.3) is 22.2 Å². The molecular formula is C34H39F2N5O4Si. The zero-order chi connectivity index (χ0) is 35.5. The van der Waals surface area contributed by atoms with Crippen molar-refractivity contribution in [2.75, 3.05) is 6.98 Å². The molecule has 0 spiro atoms. The summed E-state index contributed by atoms with van der Waals surface area (Å²) in [6.45, 7) is 6.65. The molecule has 242 valence electrons. The highest BCUT2D eigenvalue weighted by atomic mass is 28.4. The van der Waals surface area contributed by atoms with Crippen LogP contribution in [-0.4, -0.2) is 62.9 Å². The number of amides is 1. The first-order valence-corrected chi connectivity index (χ1v) is 18.3. The summed E-state index contributed by atoms with van der Waals surface area (Å²) in [4.78, 5) is 28.8. The van der Waals surface area contributed by atoms with Crippen molar-refractivity contribution in [2.45, 2.75) is 95.0 Å². The van der Waals surface area contributed by atoms with E-state index in [0.29, 0.717) is 41.1 Å². The zero-order valence-electron chi connectivity index (χ0n) is 29.6. The third-order valence-corrected chi connectivity index (χ3v) is 14.6. The fraction of sp³-hybridized carbons (Fsp3) is 0.471. The van der Waals surface area contributed by atoms with Gasteiger partial charge in [0, 0.05) is 59.4 Å². The van der Waals surface area contributed by atoms with Crippen molar-refractivity contribution in [3.63, 3.8) is 0 Å². The van der Waals surface area contributed by atoms with Crippen LogP contribution < -0.4 is 4.74 Å². The molecule has 0 unspecified atom stereocenters. The van der Waals surface area contributed by atoms with Gasteiger partial charge in [-0.25, -0.2) is 15.0 Å². The van der Waals surface area contributed by atoms with Gasteiger partial charge in [-0.3, -0.25) is 4.79 Å². The Morgan fingerprint density at radius 1 is 1.11 bits per heavy atom. The molecule has 9 nitrogen and oxygen atoms in total. The molecule has 4 heterocycles. The van der Waals surface area contributed by atoms with Gasteiger partial charge in [-0.05, 0) is 54.9 Å². The van der Waals surface area contributed by atoms with Gasteiger partial charge >= 0.3 is 6.61 Å². The van der Waals surface area contributed by atoms with Gasteiger partial charge in [-0.1, -0.05) is 32.9 Å². The monoisotopic (exact) mass is 650 g/mol. The molecule has 1 amide bonds. The van der Waals surface area contributed by atoms with E-state index in [9.17, 15) is 18.7 Å². The largest absolute Gasteiger partial charge is 0.434 e. The third-order valence-electron chi connectivity index (χ3n) is 10.1. The Hall–Kier alpha value is -3.74. The number of rotatable bonds is 6. The van der Waals surface area contributed by atoms with Gasteiger partial charge in [0.1, 0.15) is 17.2 Å². The van der Waals surface area contributed by atoms with Crippen molar-refractivity contribution in [2.24, 2.45) is 0 Å². The number of hydrogen-bond acceptors (Lipinski definition) is 7. The topological polar surface area (TPSA) is 103 Å². The molecule has 1 aliphatic carbocycles. The second-order valence-corrected chi connectivity index (χ2v) is 19.3. The maximum absolute atomic E-state index is 13.7. The summed E-state index contributed by atoms with van der Waals surface area (Å²) in [5, 5.41) is 10.7. The third kappa shape index (κ3) is 4.75. The first kappa shape index (κ1) is 27.4. The molecule has 3 aliphatic rings. The summed E-state index contributed by atoms with van der Waals surface area (Å²) in [6, 6.07) is 8.14. The molecule has 2 aromatic carbocycles. The number of carbonyl (C=O) groups is 1. The van der Waals surface area contributed by atoms with E-state index in [-0.39, 0.29) is 28.3 Å². The van der Waals surface area contributed by atoms with Crippen LogP contribution >= 0.6 is 0 Å². The molecule has 4 aromatic rings. The normalized spacial score (nSPS) is 27.0. The summed E-state index contributed by atoms with van der Waals surface area (Å²) in [5.74, 6) is -0.105. The molecule has 1 saturated carbocycles. The van der Waals surface area contributed by atoms with Crippen molar-refractivity contribution in [3.05, 3.63) is 71.6 Å². The Morgan fingerprint density at radius 3 is 2.46 bits per heavy atom. The predicted octanol–water partition coefficient (Wildman–Crippen LogP) is 6.98. The fourth-order valence-electron chi connectivity index (χ4n) is 7.10. The Morgan fingerprint density at radius 2 is 1.83 bits per heavy atom. The van der Waals surface area contributed by atoms with Gasteiger partial charge in [-0.15, -0.1) is 0 Å². The van der Waals surface area contributed by atoms with E-state index in [2.05, 4.69) is 33.9 Å². The highest BCUT2D eigenvalue weighted by Gasteiger charge is 2.58. The number of benzene rings is 2. The zero-order valence-corrected chi connectivity index (χ0v) is 27.6. The van der Waals surface area contributed by atoms with E-state index in [0.717, 1.165) is 10.5 Å². The number of nitrogens with zero attached hydrogens (tertiary/aromatic N) is 5. The van der Waals surface area contributed by atoms with Gasteiger partial charge in [0.15, 0.2) is 14.1 Å². The molecule has 2 aliphatic heterocycles. The van der Waals surface area contributed by atoms with Crippen LogP contribution in [0.2, 0.25) is 18.1 Å². The number of ether oxygens (including phenoxy) is 1. The molecule has 0 saturated heterocycles. The number of hydrogen-bond donors (Lipinski definition) is 1. The molecular weight excluding hydrogens is 608 g/mol. The van der Waals surface area contributed by atoms with E-state index in [1.54, 1.807) is 25.4 Å². The van der Waals surface area contributed by atoms with Crippen LogP contribution in [0, 0.1) is 0 Å². The van der Waals surface area contributed by atoms with Crippen LogP contribution in [0.1, 0.15) is 90.7 Å². The molecule has 46 heavy (non-hydrogen) atoms. The average molecular weight is 651 g/mol. The molecule has 2 atom stereocenters. The predicted molar refractivity (Wildman–Crippen MR) is 171 cm³/mol. The fourth-order valence-corrected chi connectivity index (χ4v) is 8.62. The highest BCUT2D eigenvalue weighted by molar-refractivity contribution is 6.74. The lowest BCUT2D eigenvalue weighted by Crippen LogP contribution is -2.60. The molecule has 1 fully saturated rings. The number of alkyl halides is 2. The molecule has 7 rings (SSSR count). The molecule has 1 N–H and O–H groups in total. The first-order chi connectivity index (χ1) is 22.7. The minimum absolute atomic E-state index is 0.00163. The number of aliphatic hydroxyl groups is 1. The minimum Gasteiger partial charge on any atom is -0.434 e. The second-order valence-electron chi connectivity index (χ2n) is 14.6. The van der Waals surface area contributed by atoms with Crippen molar-refractivity contribution >= 4 is 25.3 Å². The molecule has 12 heteroatoms. The summed E-state index contributed by atoms with van der Waals surface area (Å²) >= 11 is 0. The van der Waals surface area contributed by atoms with E-state index in [1.165, 1.54) is 18.2 Å². The number of carbonyl (C=O) groups excluding carboxylic acids is 1. The van der Waals surface area contributed by atoms with Gasteiger partial charge in [-0.2, -0.15) is 8.78 Å². The number of aromatic nitrogens is 4. The Bertz CT molecular complexity index is 1970. The van der Waals surface area contributed by atoms with Crippen molar-refractivity contribution in [1.82, 2.24) is 24.4 Å².